The number of allylic oxidation sites excluding steroid dienone is 2. The Kier molecular flexibility index (Phi) is 9.63. The third-order valence-electron chi connectivity index (χ3n) is 6.37. The van der Waals surface area contributed by atoms with Crippen LogP contribution in [-0.2, 0) is 20.9 Å². The first-order valence-electron chi connectivity index (χ1n) is 12.6. The average Bonchev–Trinajstić information content (AvgIpc) is 3.38. The van der Waals surface area contributed by atoms with E-state index in [4.69, 9.17) is 14.3 Å². The Labute approximate surface area is 218 Å². The summed E-state index contributed by atoms with van der Waals surface area (Å²) in [5.74, 6) is 7.22. The number of β-amino-alcohol motifs (C(OH)–C–C–N with tert-alkyl or cyclic N) is 1. The third kappa shape index (κ3) is 7.37. The second-order valence-electron chi connectivity index (χ2n) is 9.20. The normalized spacial score (nSPS) is 20.3. The highest BCUT2D eigenvalue weighted by Crippen LogP contribution is 2.27. The molecule has 2 unspecified atom stereocenters. The highest BCUT2D eigenvalue weighted by atomic mass is 16.7. The van der Waals surface area contributed by atoms with Gasteiger partial charge in [-0.3, -0.25) is 9.88 Å². The van der Waals surface area contributed by atoms with E-state index >= 15 is 0 Å². The number of imidazole rings is 1. The molecule has 0 radical (unpaired) electrons. The van der Waals surface area contributed by atoms with Crippen molar-refractivity contribution in [3.8, 4) is 11.8 Å². The molecule has 196 valence electrons. The van der Waals surface area contributed by atoms with E-state index in [0.717, 1.165) is 48.5 Å². The number of hydrogen-bond donors (Lipinski definition) is 1. The van der Waals surface area contributed by atoms with Crippen LogP contribution in [0.5, 0.6) is 0 Å². The molecule has 2 aromatic rings. The summed E-state index contributed by atoms with van der Waals surface area (Å²) in [4.78, 5) is 16.6. The van der Waals surface area contributed by atoms with E-state index in [-0.39, 0.29) is 31.1 Å². The molecule has 9 nitrogen and oxygen atoms in total. The molecule has 3 atom stereocenters. The monoisotopic (exact) mass is 505 g/mol. The second-order valence-corrected chi connectivity index (χ2v) is 9.20. The number of hydrogen-bond acceptors (Lipinski definition) is 8. The zero-order valence-electron chi connectivity index (χ0n) is 21.3. The maximum Gasteiger partial charge on any atom is 0.158 e. The quantitative estimate of drug-likeness (QED) is 0.217. The summed E-state index contributed by atoms with van der Waals surface area (Å²) >= 11 is 0. The van der Waals surface area contributed by atoms with Crippen molar-refractivity contribution in [2.24, 2.45) is 5.16 Å². The van der Waals surface area contributed by atoms with Crippen LogP contribution in [-0.4, -0.2) is 70.0 Å². The van der Waals surface area contributed by atoms with Gasteiger partial charge < -0.3 is 24.0 Å². The predicted octanol–water partition coefficient (Wildman–Crippen LogP) is 3.40. The Morgan fingerprint density at radius 2 is 2.22 bits per heavy atom. The summed E-state index contributed by atoms with van der Waals surface area (Å²) in [6.07, 6.45) is 11.2. The number of nitrogens with zero attached hydrogens (tertiary/aromatic N) is 5. The number of pyridine rings is 1. The van der Waals surface area contributed by atoms with E-state index in [2.05, 4.69) is 45.2 Å². The van der Waals surface area contributed by atoms with Crippen molar-refractivity contribution < 1.29 is 19.4 Å². The summed E-state index contributed by atoms with van der Waals surface area (Å²) in [7, 11) is 0. The topological polar surface area (TPSA) is 94.2 Å². The lowest BCUT2D eigenvalue weighted by molar-refractivity contribution is -0.188. The van der Waals surface area contributed by atoms with Crippen LogP contribution in [0, 0.1) is 11.8 Å². The Morgan fingerprint density at radius 3 is 2.89 bits per heavy atom. The lowest BCUT2D eigenvalue weighted by atomic mass is 10.1. The molecule has 1 N–H and O–H groups in total. The van der Waals surface area contributed by atoms with Crippen molar-refractivity contribution in [1.29, 1.82) is 0 Å². The largest absolute Gasteiger partial charge is 0.394 e. The minimum atomic E-state index is -0.322. The van der Waals surface area contributed by atoms with Gasteiger partial charge in [-0.1, -0.05) is 24.5 Å². The highest BCUT2D eigenvalue weighted by Gasteiger charge is 2.26. The van der Waals surface area contributed by atoms with E-state index in [0.29, 0.717) is 19.7 Å². The van der Waals surface area contributed by atoms with Crippen molar-refractivity contribution in [1.82, 2.24) is 19.4 Å². The second kappa shape index (κ2) is 13.3. The number of likely N-dealkylation sites (tertiary alicyclic amines) is 1. The molecule has 0 amide bonds. The average molecular weight is 506 g/mol. The molecular formula is C28H35N5O4. The van der Waals surface area contributed by atoms with Crippen LogP contribution in [0.1, 0.15) is 55.4 Å². The van der Waals surface area contributed by atoms with Gasteiger partial charge in [0.05, 0.1) is 11.8 Å². The van der Waals surface area contributed by atoms with Gasteiger partial charge in [0.2, 0.25) is 0 Å². The SMILES string of the molecule is C=C/C=C(/C#Cc1ccc(CN2CC(O)C2)nc1)C(CON=C)n1ccnc1[C@H](C)OC1CCCCO1. The van der Waals surface area contributed by atoms with Gasteiger partial charge in [-0.15, -0.1) is 5.16 Å². The van der Waals surface area contributed by atoms with Gasteiger partial charge in [0.1, 0.15) is 24.6 Å². The lowest BCUT2D eigenvalue weighted by Gasteiger charge is -2.35. The molecule has 2 aliphatic rings. The van der Waals surface area contributed by atoms with Gasteiger partial charge >= 0.3 is 0 Å². The molecule has 2 fully saturated rings. The van der Waals surface area contributed by atoms with Crippen molar-refractivity contribution in [3.05, 3.63) is 72.1 Å². The van der Waals surface area contributed by atoms with Crippen molar-refractivity contribution in [2.45, 2.75) is 57.3 Å². The maximum atomic E-state index is 9.47. The van der Waals surface area contributed by atoms with Crippen LogP contribution in [0.4, 0.5) is 0 Å². The summed E-state index contributed by atoms with van der Waals surface area (Å²) in [6, 6.07) is 3.60. The molecule has 0 spiro atoms. The van der Waals surface area contributed by atoms with Crippen LogP contribution >= 0.6 is 0 Å². The van der Waals surface area contributed by atoms with Crippen LogP contribution in [0.15, 0.2) is 60.2 Å². The molecule has 0 aliphatic carbocycles. The van der Waals surface area contributed by atoms with Crippen LogP contribution in [0.25, 0.3) is 0 Å². The predicted molar refractivity (Wildman–Crippen MR) is 141 cm³/mol. The van der Waals surface area contributed by atoms with Crippen LogP contribution in [0.2, 0.25) is 0 Å². The number of aliphatic hydroxyl groups is 1. The van der Waals surface area contributed by atoms with Crippen molar-refractivity contribution >= 4 is 6.72 Å². The molecule has 2 aromatic heterocycles. The Morgan fingerprint density at radius 1 is 1.35 bits per heavy atom. The fraction of sp³-hybridized carbons (Fsp3) is 0.464. The van der Waals surface area contributed by atoms with E-state index in [1.807, 2.05) is 35.9 Å². The van der Waals surface area contributed by atoms with Crippen LogP contribution in [0.3, 0.4) is 0 Å². The molecule has 0 aromatic carbocycles. The van der Waals surface area contributed by atoms with E-state index in [1.165, 1.54) is 0 Å². The fourth-order valence-corrected chi connectivity index (χ4v) is 4.45. The summed E-state index contributed by atoms with van der Waals surface area (Å²) in [6.45, 7) is 12.3. The zero-order chi connectivity index (χ0) is 26.0. The number of aliphatic hydroxyl groups excluding tert-OH is 1. The standard InChI is InChI=1S/C28H35N5O4/c1-4-7-23(11-9-22-10-12-24(31-16-22)17-32-18-25(34)19-32)26(20-36-29-3)33-14-13-30-28(33)21(2)37-27-8-5-6-15-35-27/h4,7,10,12-14,16,21,25-27,34H,1,3,5-6,8,15,17-20H2,2H3/b23-7-/t21-,26?,27?/m0/s1. The first kappa shape index (κ1) is 26.8. The Bertz CT molecular complexity index is 1120. The first-order chi connectivity index (χ1) is 18.1. The maximum absolute atomic E-state index is 9.47. The van der Waals surface area contributed by atoms with Gasteiger partial charge in [-0.05, 0) is 44.4 Å². The first-order valence-corrected chi connectivity index (χ1v) is 12.6. The lowest BCUT2D eigenvalue weighted by Crippen LogP contribution is -2.49. The third-order valence-corrected chi connectivity index (χ3v) is 6.37. The minimum absolute atomic E-state index is 0.215. The van der Waals surface area contributed by atoms with Crippen molar-refractivity contribution in [2.75, 3.05) is 26.3 Å². The van der Waals surface area contributed by atoms with E-state index in [1.54, 1.807) is 18.5 Å². The minimum Gasteiger partial charge on any atom is -0.394 e. The smallest absolute Gasteiger partial charge is 0.158 e. The molecule has 37 heavy (non-hydrogen) atoms. The summed E-state index contributed by atoms with van der Waals surface area (Å²) in [5.41, 5.74) is 2.51. The fourth-order valence-electron chi connectivity index (χ4n) is 4.45. The molecule has 4 heterocycles. The van der Waals surface area contributed by atoms with E-state index < -0.39 is 0 Å². The van der Waals surface area contributed by atoms with Gasteiger partial charge in [0, 0.05) is 62.7 Å². The molecule has 0 saturated carbocycles. The molecule has 0 bridgehead atoms. The Hall–Kier alpha value is -3.29. The highest BCUT2D eigenvalue weighted by molar-refractivity contribution is 5.43. The number of aromatic nitrogens is 3. The van der Waals surface area contributed by atoms with Gasteiger partial charge in [0.15, 0.2) is 6.29 Å². The molecule has 9 heteroatoms. The number of ether oxygens (including phenoxy) is 2. The van der Waals surface area contributed by atoms with Gasteiger partial charge in [-0.25, -0.2) is 4.98 Å². The summed E-state index contributed by atoms with van der Waals surface area (Å²) < 4.78 is 13.9. The van der Waals surface area contributed by atoms with Crippen LogP contribution < -0.4 is 0 Å². The zero-order valence-corrected chi connectivity index (χ0v) is 21.3. The molecular weight excluding hydrogens is 470 g/mol. The molecule has 2 aliphatic heterocycles. The number of rotatable bonds is 11. The summed E-state index contributed by atoms with van der Waals surface area (Å²) in [5, 5.41) is 13.1. The molecule has 4 rings (SSSR count). The van der Waals surface area contributed by atoms with Crippen molar-refractivity contribution in [3.63, 3.8) is 0 Å². The van der Waals surface area contributed by atoms with Gasteiger partial charge in [0.25, 0.3) is 0 Å². The Balaban J connectivity index is 1.52. The molecule has 2 saturated heterocycles. The van der Waals surface area contributed by atoms with Gasteiger partial charge in [-0.2, -0.15) is 0 Å². The van der Waals surface area contributed by atoms with E-state index in [9.17, 15) is 5.11 Å². The number of oxime groups is 1.